The molecule has 0 saturated carbocycles. The molecular formula is C9H17NO4. The van der Waals surface area contributed by atoms with Gasteiger partial charge in [0.1, 0.15) is 5.41 Å². The molecule has 0 radical (unpaired) electrons. The minimum absolute atomic E-state index is 0.206. The van der Waals surface area contributed by atoms with Gasteiger partial charge in [-0.3, -0.25) is 9.59 Å². The highest BCUT2D eigenvalue weighted by atomic mass is 16.5. The lowest BCUT2D eigenvalue weighted by Gasteiger charge is -2.20. The molecule has 0 saturated heterocycles. The lowest BCUT2D eigenvalue weighted by atomic mass is 9.85. The van der Waals surface area contributed by atoms with Crippen molar-refractivity contribution < 1.29 is 19.4 Å². The van der Waals surface area contributed by atoms with E-state index in [2.05, 4.69) is 0 Å². The third-order valence-corrected chi connectivity index (χ3v) is 2.19. The van der Waals surface area contributed by atoms with E-state index in [0.717, 1.165) is 0 Å². The zero-order chi connectivity index (χ0) is 11.2. The molecule has 1 atom stereocenters. The molecule has 0 rings (SSSR count). The topological polar surface area (TPSA) is 89.6 Å². The molecule has 0 aliphatic heterocycles. The third-order valence-electron chi connectivity index (χ3n) is 2.19. The first-order valence-electron chi connectivity index (χ1n) is 4.56. The zero-order valence-corrected chi connectivity index (χ0v) is 8.58. The van der Waals surface area contributed by atoms with Crippen LogP contribution in [0.5, 0.6) is 0 Å². The van der Waals surface area contributed by atoms with Gasteiger partial charge >= 0.3 is 5.97 Å². The molecule has 82 valence electrons. The molecule has 0 fully saturated rings. The number of carboxylic acid groups (broad SMARTS) is 1. The molecule has 14 heavy (non-hydrogen) atoms. The van der Waals surface area contributed by atoms with Crippen LogP contribution < -0.4 is 5.73 Å². The van der Waals surface area contributed by atoms with E-state index in [9.17, 15) is 9.59 Å². The van der Waals surface area contributed by atoms with Crippen molar-refractivity contribution in [1.82, 2.24) is 0 Å². The summed E-state index contributed by atoms with van der Waals surface area (Å²) in [5, 5.41) is 8.82. The second-order valence-corrected chi connectivity index (χ2v) is 3.30. The van der Waals surface area contributed by atoms with Gasteiger partial charge in [-0.05, 0) is 26.7 Å². The summed E-state index contributed by atoms with van der Waals surface area (Å²) in [6.07, 6.45) is 0.719. The van der Waals surface area contributed by atoms with Gasteiger partial charge in [-0.2, -0.15) is 0 Å². The van der Waals surface area contributed by atoms with Crippen molar-refractivity contribution in [2.24, 2.45) is 11.1 Å². The van der Waals surface area contributed by atoms with Crippen LogP contribution in [-0.4, -0.2) is 30.2 Å². The lowest BCUT2D eigenvalue weighted by molar-refractivity contribution is -0.154. The Balaban J connectivity index is 4.12. The Morgan fingerprint density at radius 3 is 2.43 bits per heavy atom. The number of amides is 1. The first-order valence-corrected chi connectivity index (χ1v) is 4.56. The number of hydrogen-bond donors (Lipinski definition) is 2. The van der Waals surface area contributed by atoms with Gasteiger partial charge in [0.2, 0.25) is 5.91 Å². The van der Waals surface area contributed by atoms with Gasteiger partial charge in [0.15, 0.2) is 0 Å². The summed E-state index contributed by atoms with van der Waals surface area (Å²) < 4.78 is 5.04. The molecule has 5 heteroatoms. The van der Waals surface area contributed by atoms with Gasteiger partial charge in [-0.15, -0.1) is 0 Å². The summed E-state index contributed by atoms with van der Waals surface area (Å²) in [5.41, 5.74) is 3.55. The van der Waals surface area contributed by atoms with E-state index < -0.39 is 17.3 Å². The van der Waals surface area contributed by atoms with Crippen LogP contribution in [0.2, 0.25) is 0 Å². The number of carbonyl (C=O) groups is 2. The summed E-state index contributed by atoms with van der Waals surface area (Å²) in [6.45, 7) is 4.22. The maximum absolute atomic E-state index is 10.9. The average molecular weight is 203 g/mol. The van der Waals surface area contributed by atoms with Crippen molar-refractivity contribution in [2.45, 2.75) is 26.7 Å². The molecule has 5 nitrogen and oxygen atoms in total. The number of carbonyl (C=O) groups excluding carboxylic acids is 1. The molecule has 0 aliphatic rings. The van der Waals surface area contributed by atoms with E-state index >= 15 is 0 Å². The summed E-state index contributed by atoms with van der Waals surface area (Å²) in [6, 6.07) is 0. The number of nitrogens with two attached hydrogens (primary N) is 1. The monoisotopic (exact) mass is 203 g/mol. The van der Waals surface area contributed by atoms with Crippen LogP contribution in [0.3, 0.4) is 0 Å². The van der Waals surface area contributed by atoms with Crippen LogP contribution in [0.15, 0.2) is 0 Å². The fourth-order valence-electron chi connectivity index (χ4n) is 1.01. The summed E-state index contributed by atoms with van der Waals surface area (Å²) in [7, 11) is 0. The Bertz CT molecular complexity index is 201. The molecule has 1 amide bonds. The van der Waals surface area contributed by atoms with Crippen molar-refractivity contribution in [3.63, 3.8) is 0 Å². The highest BCUT2D eigenvalue weighted by molar-refractivity contribution is 6.00. The van der Waals surface area contributed by atoms with Gasteiger partial charge in [0.05, 0.1) is 0 Å². The third kappa shape index (κ3) is 3.33. The number of ether oxygens (including phenoxy) is 1. The molecule has 0 aromatic rings. The maximum atomic E-state index is 10.9. The quantitative estimate of drug-likeness (QED) is 0.462. The van der Waals surface area contributed by atoms with Gasteiger partial charge in [-0.25, -0.2) is 0 Å². The molecule has 0 aromatic heterocycles. The number of carboxylic acids is 1. The van der Waals surface area contributed by atoms with Gasteiger partial charge in [0.25, 0.3) is 0 Å². The van der Waals surface area contributed by atoms with E-state index in [1.807, 2.05) is 6.92 Å². The summed E-state index contributed by atoms with van der Waals surface area (Å²) in [4.78, 5) is 21.7. The Hall–Kier alpha value is -1.10. The maximum Gasteiger partial charge on any atom is 0.318 e. The van der Waals surface area contributed by atoms with Crippen LogP contribution in [0.1, 0.15) is 26.7 Å². The van der Waals surface area contributed by atoms with Crippen LogP contribution in [0.25, 0.3) is 0 Å². The molecule has 0 aliphatic carbocycles. The normalized spacial score (nSPS) is 14.7. The Kier molecular flexibility index (Phi) is 5.15. The van der Waals surface area contributed by atoms with Crippen LogP contribution >= 0.6 is 0 Å². The highest BCUT2D eigenvalue weighted by Gasteiger charge is 2.38. The summed E-state index contributed by atoms with van der Waals surface area (Å²) in [5.74, 6) is -1.98. The molecular weight excluding hydrogens is 186 g/mol. The second-order valence-electron chi connectivity index (χ2n) is 3.30. The standard InChI is InChI=1S/C9H17NO4/c1-3-14-6-4-5-9(2,7(10)11)8(12)13/h3-6H2,1-2H3,(H2,10,11)(H,12,13). The molecule has 1 unspecified atom stereocenters. The van der Waals surface area contributed by atoms with Crippen LogP contribution in [-0.2, 0) is 14.3 Å². The van der Waals surface area contributed by atoms with Crippen LogP contribution in [0, 0.1) is 5.41 Å². The van der Waals surface area contributed by atoms with Crippen molar-refractivity contribution in [1.29, 1.82) is 0 Å². The predicted molar refractivity (Wildman–Crippen MR) is 50.7 cm³/mol. The predicted octanol–water partition coefficient (Wildman–Crippen LogP) is 0.379. The fraction of sp³-hybridized carbons (Fsp3) is 0.778. The van der Waals surface area contributed by atoms with Crippen molar-refractivity contribution >= 4 is 11.9 Å². The number of aliphatic carboxylic acids is 1. The Labute approximate surface area is 83.2 Å². The SMILES string of the molecule is CCOCCCC(C)(C(N)=O)C(=O)O. The van der Waals surface area contributed by atoms with Crippen LogP contribution in [0.4, 0.5) is 0 Å². The number of hydrogen-bond acceptors (Lipinski definition) is 3. The van der Waals surface area contributed by atoms with Gasteiger partial charge in [-0.1, -0.05) is 0 Å². The lowest BCUT2D eigenvalue weighted by Crippen LogP contribution is -2.41. The fourth-order valence-corrected chi connectivity index (χ4v) is 1.01. The Morgan fingerprint density at radius 2 is 2.07 bits per heavy atom. The van der Waals surface area contributed by atoms with Crippen molar-refractivity contribution in [3.8, 4) is 0 Å². The van der Waals surface area contributed by atoms with E-state index in [4.69, 9.17) is 15.6 Å². The number of primary amides is 1. The smallest absolute Gasteiger partial charge is 0.318 e. The van der Waals surface area contributed by atoms with E-state index in [-0.39, 0.29) is 6.42 Å². The van der Waals surface area contributed by atoms with Crippen molar-refractivity contribution in [2.75, 3.05) is 13.2 Å². The first-order chi connectivity index (χ1) is 6.45. The average Bonchev–Trinajstić information content (AvgIpc) is 2.11. The molecule has 3 N–H and O–H groups in total. The summed E-state index contributed by atoms with van der Waals surface area (Å²) >= 11 is 0. The van der Waals surface area contributed by atoms with Crippen molar-refractivity contribution in [3.05, 3.63) is 0 Å². The Morgan fingerprint density at radius 1 is 1.50 bits per heavy atom. The second kappa shape index (κ2) is 5.59. The van der Waals surface area contributed by atoms with Gasteiger partial charge < -0.3 is 15.6 Å². The van der Waals surface area contributed by atoms with E-state index in [1.165, 1.54) is 6.92 Å². The molecule has 0 aromatic carbocycles. The molecule has 0 spiro atoms. The number of rotatable bonds is 7. The van der Waals surface area contributed by atoms with Gasteiger partial charge in [0, 0.05) is 13.2 Å². The van der Waals surface area contributed by atoms with E-state index in [0.29, 0.717) is 19.6 Å². The minimum Gasteiger partial charge on any atom is -0.480 e. The first kappa shape index (κ1) is 12.9. The highest BCUT2D eigenvalue weighted by Crippen LogP contribution is 2.22. The van der Waals surface area contributed by atoms with E-state index in [1.54, 1.807) is 0 Å². The molecule has 0 bridgehead atoms. The molecule has 0 heterocycles. The zero-order valence-electron chi connectivity index (χ0n) is 8.58. The largest absolute Gasteiger partial charge is 0.480 e. The minimum atomic E-state index is -1.48.